The SMILES string of the molecule is COc1cc(CNc2cc(C)ccc2CC(C)C)ccc1O. The standard InChI is InChI=1S/C19H25NO2/c1-13(2)9-16-7-5-14(3)10-17(16)20-12-15-6-8-18(21)19(11-15)22-4/h5-8,10-11,13,20-21H,9,12H2,1-4H3. The number of hydrogen-bond acceptors (Lipinski definition) is 3. The maximum Gasteiger partial charge on any atom is 0.160 e. The Labute approximate surface area is 133 Å². The molecule has 2 rings (SSSR count). The van der Waals surface area contributed by atoms with Crippen LogP contribution < -0.4 is 10.1 Å². The van der Waals surface area contributed by atoms with Crippen molar-refractivity contribution in [2.24, 2.45) is 5.92 Å². The lowest BCUT2D eigenvalue weighted by Crippen LogP contribution is -2.05. The third kappa shape index (κ3) is 4.17. The molecule has 2 aromatic rings. The fourth-order valence-corrected chi connectivity index (χ4v) is 2.50. The molecular weight excluding hydrogens is 274 g/mol. The number of ether oxygens (including phenoxy) is 1. The number of benzene rings is 2. The van der Waals surface area contributed by atoms with E-state index < -0.39 is 0 Å². The van der Waals surface area contributed by atoms with Gasteiger partial charge in [-0.05, 0) is 54.2 Å². The largest absolute Gasteiger partial charge is 0.504 e. The lowest BCUT2D eigenvalue weighted by Gasteiger charge is -2.15. The van der Waals surface area contributed by atoms with Gasteiger partial charge in [0, 0.05) is 12.2 Å². The monoisotopic (exact) mass is 299 g/mol. The number of phenolic OH excluding ortho intramolecular Hbond substituents is 1. The van der Waals surface area contributed by atoms with Crippen LogP contribution in [-0.2, 0) is 13.0 Å². The summed E-state index contributed by atoms with van der Waals surface area (Å²) in [5.41, 5.74) is 4.84. The molecule has 0 unspecified atom stereocenters. The van der Waals surface area contributed by atoms with Gasteiger partial charge in [0.15, 0.2) is 11.5 Å². The molecule has 0 saturated heterocycles. The van der Waals surface area contributed by atoms with Gasteiger partial charge in [0.25, 0.3) is 0 Å². The van der Waals surface area contributed by atoms with Crippen molar-refractivity contribution in [1.29, 1.82) is 0 Å². The summed E-state index contributed by atoms with van der Waals surface area (Å²) in [6.45, 7) is 7.27. The minimum atomic E-state index is 0.169. The summed E-state index contributed by atoms with van der Waals surface area (Å²) in [5, 5.41) is 13.2. The number of hydrogen-bond donors (Lipinski definition) is 2. The van der Waals surface area contributed by atoms with E-state index in [1.54, 1.807) is 13.2 Å². The Bertz CT molecular complexity index is 635. The number of aryl methyl sites for hydroxylation is 1. The molecule has 0 aliphatic heterocycles. The van der Waals surface area contributed by atoms with E-state index >= 15 is 0 Å². The van der Waals surface area contributed by atoms with Crippen LogP contribution >= 0.6 is 0 Å². The molecule has 3 nitrogen and oxygen atoms in total. The zero-order chi connectivity index (χ0) is 16.1. The zero-order valence-corrected chi connectivity index (χ0v) is 13.8. The van der Waals surface area contributed by atoms with Crippen molar-refractivity contribution in [2.45, 2.75) is 33.7 Å². The van der Waals surface area contributed by atoms with Gasteiger partial charge in [0.2, 0.25) is 0 Å². The van der Waals surface area contributed by atoms with E-state index in [9.17, 15) is 5.11 Å². The highest BCUT2D eigenvalue weighted by atomic mass is 16.5. The van der Waals surface area contributed by atoms with Gasteiger partial charge in [0.05, 0.1) is 7.11 Å². The summed E-state index contributed by atoms with van der Waals surface area (Å²) in [7, 11) is 1.56. The molecule has 0 heterocycles. The molecule has 0 aromatic heterocycles. The van der Waals surface area contributed by atoms with Crippen LogP contribution in [0, 0.1) is 12.8 Å². The molecule has 2 N–H and O–H groups in total. The van der Waals surface area contributed by atoms with Gasteiger partial charge in [-0.2, -0.15) is 0 Å². The third-order valence-corrected chi connectivity index (χ3v) is 3.62. The number of aromatic hydroxyl groups is 1. The molecule has 0 radical (unpaired) electrons. The Hall–Kier alpha value is -2.16. The zero-order valence-electron chi connectivity index (χ0n) is 13.8. The summed E-state index contributed by atoms with van der Waals surface area (Å²) >= 11 is 0. The summed E-state index contributed by atoms with van der Waals surface area (Å²) in [6, 6.07) is 12.0. The van der Waals surface area contributed by atoms with E-state index in [0.29, 0.717) is 18.2 Å². The highest BCUT2D eigenvalue weighted by Gasteiger charge is 2.07. The van der Waals surface area contributed by atoms with Crippen molar-refractivity contribution in [1.82, 2.24) is 0 Å². The first kappa shape index (κ1) is 16.2. The van der Waals surface area contributed by atoms with Crippen LogP contribution in [0.1, 0.15) is 30.5 Å². The van der Waals surface area contributed by atoms with E-state index in [4.69, 9.17) is 4.74 Å². The molecule has 0 aliphatic rings. The van der Waals surface area contributed by atoms with E-state index in [0.717, 1.165) is 12.0 Å². The molecular formula is C19H25NO2. The second kappa shape index (κ2) is 7.21. The number of anilines is 1. The topological polar surface area (TPSA) is 41.5 Å². The minimum absolute atomic E-state index is 0.169. The average Bonchev–Trinajstić information content (AvgIpc) is 2.48. The van der Waals surface area contributed by atoms with Crippen LogP contribution in [0.4, 0.5) is 5.69 Å². The highest BCUT2D eigenvalue weighted by molar-refractivity contribution is 5.54. The van der Waals surface area contributed by atoms with E-state index in [1.807, 2.05) is 12.1 Å². The van der Waals surface area contributed by atoms with Gasteiger partial charge in [-0.3, -0.25) is 0 Å². The van der Waals surface area contributed by atoms with Gasteiger partial charge < -0.3 is 15.2 Å². The first-order chi connectivity index (χ1) is 10.5. The lowest BCUT2D eigenvalue weighted by molar-refractivity contribution is 0.373. The van der Waals surface area contributed by atoms with Gasteiger partial charge >= 0.3 is 0 Å². The van der Waals surface area contributed by atoms with Crippen LogP contribution in [0.15, 0.2) is 36.4 Å². The second-order valence-electron chi connectivity index (χ2n) is 6.12. The van der Waals surface area contributed by atoms with Gasteiger partial charge in [0.1, 0.15) is 0 Å². The van der Waals surface area contributed by atoms with E-state index in [-0.39, 0.29) is 5.75 Å². The molecule has 22 heavy (non-hydrogen) atoms. The molecule has 0 bridgehead atoms. The third-order valence-electron chi connectivity index (χ3n) is 3.62. The summed E-state index contributed by atoms with van der Waals surface area (Å²) in [5.74, 6) is 1.30. The van der Waals surface area contributed by atoms with Crippen LogP contribution in [0.3, 0.4) is 0 Å². The van der Waals surface area contributed by atoms with E-state index in [2.05, 4.69) is 44.3 Å². The van der Waals surface area contributed by atoms with Crippen molar-refractivity contribution in [3.63, 3.8) is 0 Å². The van der Waals surface area contributed by atoms with Crippen molar-refractivity contribution >= 4 is 5.69 Å². The predicted molar refractivity (Wildman–Crippen MR) is 91.7 cm³/mol. The first-order valence-electron chi connectivity index (χ1n) is 7.69. The number of methoxy groups -OCH3 is 1. The highest BCUT2D eigenvalue weighted by Crippen LogP contribution is 2.27. The van der Waals surface area contributed by atoms with Crippen molar-refractivity contribution < 1.29 is 9.84 Å². The molecule has 118 valence electrons. The molecule has 0 saturated carbocycles. The van der Waals surface area contributed by atoms with Crippen LogP contribution in [0.25, 0.3) is 0 Å². The molecule has 0 atom stereocenters. The maximum absolute atomic E-state index is 9.65. The Morgan fingerprint density at radius 2 is 1.91 bits per heavy atom. The first-order valence-corrected chi connectivity index (χ1v) is 7.69. The lowest BCUT2D eigenvalue weighted by atomic mass is 9.99. The van der Waals surface area contributed by atoms with Crippen LogP contribution in [-0.4, -0.2) is 12.2 Å². The fraction of sp³-hybridized carbons (Fsp3) is 0.368. The minimum Gasteiger partial charge on any atom is -0.504 e. The van der Waals surface area contributed by atoms with Gasteiger partial charge in [-0.15, -0.1) is 0 Å². The van der Waals surface area contributed by atoms with Crippen LogP contribution in [0.5, 0.6) is 11.5 Å². The van der Waals surface area contributed by atoms with Crippen molar-refractivity contribution in [3.8, 4) is 11.5 Å². The normalized spacial score (nSPS) is 10.8. The molecule has 3 heteroatoms. The molecule has 0 spiro atoms. The summed E-state index contributed by atoms with van der Waals surface area (Å²) in [4.78, 5) is 0. The fourth-order valence-electron chi connectivity index (χ4n) is 2.50. The molecule has 0 aliphatic carbocycles. The average molecular weight is 299 g/mol. The Morgan fingerprint density at radius 1 is 1.14 bits per heavy atom. The van der Waals surface area contributed by atoms with Crippen molar-refractivity contribution in [2.75, 3.05) is 12.4 Å². The number of nitrogens with one attached hydrogen (secondary N) is 1. The van der Waals surface area contributed by atoms with Crippen LogP contribution in [0.2, 0.25) is 0 Å². The summed E-state index contributed by atoms with van der Waals surface area (Å²) < 4.78 is 5.16. The number of rotatable bonds is 6. The smallest absolute Gasteiger partial charge is 0.160 e. The second-order valence-corrected chi connectivity index (χ2v) is 6.12. The Balaban J connectivity index is 2.15. The maximum atomic E-state index is 9.65. The predicted octanol–water partition coefficient (Wildman–Crippen LogP) is 4.52. The molecule has 0 fully saturated rings. The Kier molecular flexibility index (Phi) is 5.31. The Morgan fingerprint density at radius 3 is 2.59 bits per heavy atom. The molecule has 0 amide bonds. The summed E-state index contributed by atoms with van der Waals surface area (Å²) in [6.07, 6.45) is 1.06. The van der Waals surface area contributed by atoms with Gasteiger partial charge in [-0.25, -0.2) is 0 Å². The van der Waals surface area contributed by atoms with Gasteiger partial charge in [-0.1, -0.05) is 32.0 Å². The molecule has 2 aromatic carbocycles. The quantitative estimate of drug-likeness (QED) is 0.824. The van der Waals surface area contributed by atoms with E-state index in [1.165, 1.54) is 16.8 Å². The van der Waals surface area contributed by atoms with Crippen molar-refractivity contribution in [3.05, 3.63) is 53.1 Å². The number of phenols is 1.